The number of sulfonamides is 1. The van der Waals surface area contributed by atoms with E-state index < -0.39 is 15.9 Å². The van der Waals surface area contributed by atoms with Crippen LogP contribution in [0, 0.1) is 0 Å². The molecule has 0 saturated carbocycles. The highest BCUT2D eigenvalue weighted by Crippen LogP contribution is 2.29. The molecule has 8 nitrogen and oxygen atoms in total. The van der Waals surface area contributed by atoms with E-state index in [1.54, 1.807) is 31.4 Å². The number of amidine groups is 1. The summed E-state index contributed by atoms with van der Waals surface area (Å²) in [5, 5.41) is 5.66. The van der Waals surface area contributed by atoms with Gasteiger partial charge in [0.1, 0.15) is 5.75 Å². The van der Waals surface area contributed by atoms with E-state index in [1.165, 1.54) is 36.0 Å². The maximum atomic E-state index is 12.5. The van der Waals surface area contributed by atoms with Gasteiger partial charge in [-0.05, 0) is 94.3 Å². The fourth-order valence-corrected chi connectivity index (χ4v) is 5.89. The maximum Gasteiger partial charge on any atom is 0.264 e. The second-order valence-electron chi connectivity index (χ2n) is 8.78. The van der Waals surface area contributed by atoms with E-state index in [4.69, 9.17) is 16.3 Å². The number of carbonyl (C=O) groups is 2. The quantitative estimate of drug-likeness (QED) is 0.277. The average Bonchev–Trinajstić information content (AvgIpc) is 3.27. The van der Waals surface area contributed by atoms with Gasteiger partial charge in [-0.15, -0.1) is 0 Å². The van der Waals surface area contributed by atoms with Crippen LogP contribution in [-0.2, 0) is 26.0 Å². The van der Waals surface area contributed by atoms with Gasteiger partial charge in [0.05, 0.1) is 29.0 Å². The van der Waals surface area contributed by atoms with Gasteiger partial charge in [0.2, 0.25) is 5.91 Å². The number of nitrogens with one attached hydrogen (secondary N) is 2. The number of ether oxygens (including phenoxy) is 1. The summed E-state index contributed by atoms with van der Waals surface area (Å²) in [6.07, 6.45) is 1.67. The number of halogens is 1. The standard InChI is InChI=1S/C29H22ClN3O5S2/c1-38-24-11-6-20-14-19(2-5-21(20)17-24)15-26-28(35)32-29(39-26)31-23-9-3-18(4-10-23)16-27(34)33-40(36,37)25-12-7-22(30)8-13-25/h2-15,17H,16H2,1H3,(H,33,34)(H,31,32,35)/b26-15-. The second-order valence-corrected chi connectivity index (χ2v) is 11.9. The third-order valence-corrected chi connectivity index (χ3v) is 8.47. The van der Waals surface area contributed by atoms with Crippen LogP contribution < -0.4 is 14.8 Å². The number of methoxy groups -OCH3 is 1. The van der Waals surface area contributed by atoms with Crippen molar-refractivity contribution in [2.45, 2.75) is 11.3 Å². The topological polar surface area (TPSA) is 114 Å². The minimum absolute atomic E-state index is 0.0535. The Hall–Kier alpha value is -4.12. The van der Waals surface area contributed by atoms with E-state index >= 15 is 0 Å². The van der Waals surface area contributed by atoms with Gasteiger partial charge in [0, 0.05) is 5.02 Å². The summed E-state index contributed by atoms with van der Waals surface area (Å²) >= 11 is 7.03. The molecule has 0 aliphatic carbocycles. The van der Waals surface area contributed by atoms with Crippen LogP contribution in [-0.4, -0.2) is 32.5 Å². The normalized spacial score (nSPS) is 15.4. The van der Waals surface area contributed by atoms with Crippen molar-refractivity contribution in [2.75, 3.05) is 7.11 Å². The third kappa shape index (κ3) is 6.53. The minimum atomic E-state index is -4.00. The molecule has 0 bridgehead atoms. The lowest BCUT2D eigenvalue weighted by molar-refractivity contribution is -0.118. The molecule has 202 valence electrons. The summed E-state index contributed by atoms with van der Waals surface area (Å²) in [5.41, 5.74) is 2.06. The predicted octanol–water partition coefficient (Wildman–Crippen LogP) is 5.44. The monoisotopic (exact) mass is 591 g/mol. The zero-order valence-electron chi connectivity index (χ0n) is 21.1. The number of thioether (sulfide) groups is 1. The fourth-order valence-electron chi connectivity index (χ4n) is 3.94. The Balaban J connectivity index is 1.22. The number of rotatable bonds is 7. The van der Waals surface area contributed by atoms with Crippen molar-refractivity contribution in [1.82, 2.24) is 10.0 Å². The van der Waals surface area contributed by atoms with Gasteiger partial charge < -0.3 is 10.1 Å². The molecule has 0 aromatic heterocycles. The zero-order chi connectivity index (χ0) is 28.3. The molecule has 2 amide bonds. The molecule has 11 heteroatoms. The van der Waals surface area contributed by atoms with E-state index in [-0.39, 0.29) is 17.2 Å². The summed E-state index contributed by atoms with van der Waals surface area (Å²) in [4.78, 5) is 29.8. The largest absolute Gasteiger partial charge is 0.497 e. The van der Waals surface area contributed by atoms with Gasteiger partial charge in [-0.1, -0.05) is 41.9 Å². The van der Waals surface area contributed by atoms with Crippen molar-refractivity contribution in [3.8, 4) is 5.75 Å². The van der Waals surface area contributed by atoms with E-state index in [9.17, 15) is 18.0 Å². The van der Waals surface area contributed by atoms with E-state index in [0.717, 1.165) is 22.1 Å². The molecule has 40 heavy (non-hydrogen) atoms. The molecule has 0 atom stereocenters. The van der Waals surface area contributed by atoms with Gasteiger partial charge in [-0.3, -0.25) is 9.59 Å². The van der Waals surface area contributed by atoms with Gasteiger partial charge in [0.15, 0.2) is 5.17 Å². The molecule has 0 unspecified atom stereocenters. The Kier molecular flexibility index (Phi) is 7.92. The number of fused-ring (bicyclic) bond motifs is 1. The van der Waals surface area contributed by atoms with Gasteiger partial charge in [-0.25, -0.2) is 18.1 Å². The minimum Gasteiger partial charge on any atom is -0.497 e. The lowest BCUT2D eigenvalue weighted by Gasteiger charge is -2.07. The van der Waals surface area contributed by atoms with E-state index in [1.807, 2.05) is 42.5 Å². The van der Waals surface area contributed by atoms with Crippen LogP contribution >= 0.6 is 23.4 Å². The first-order chi connectivity index (χ1) is 19.2. The van der Waals surface area contributed by atoms with Crippen molar-refractivity contribution in [3.63, 3.8) is 0 Å². The Labute approximate surface area is 240 Å². The number of benzene rings is 4. The van der Waals surface area contributed by atoms with Crippen LogP contribution in [0.15, 0.2) is 99.7 Å². The van der Waals surface area contributed by atoms with Crippen LogP contribution in [0.4, 0.5) is 5.69 Å². The fraction of sp³-hybridized carbons (Fsp3) is 0.0690. The van der Waals surface area contributed by atoms with Crippen molar-refractivity contribution >= 4 is 72.9 Å². The summed E-state index contributed by atoms with van der Waals surface area (Å²) in [7, 11) is -2.37. The molecule has 4 aromatic rings. The van der Waals surface area contributed by atoms with E-state index in [2.05, 4.69) is 15.0 Å². The first-order valence-corrected chi connectivity index (χ1v) is 14.6. The number of amides is 2. The molecular weight excluding hydrogens is 570 g/mol. The zero-order valence-corrected chi connectivity index (χ0v) is 23.4. The molecule has 1 fully saturated rings. The molecule has 1 aliphatic rings. The Morgan fingerprint density at radius 1 is 1.00 bits per heavy atom. The average molecular weight is 592 g/mol. The second kappa shape index (κ2) is 11.5. The summed E-state index contributed by atoms with van der Waals surface area (Å²) in [6, 6.07) is 24.0. The molecule has 0 radical (unpaired) electrons. The van der Waals surface area contributed by atoms with Gasteiger partial charge >= 0.3 is 0 Å². The number of hydrogen-bond donors (Lipinski definition) is 2. The van der Waals surface area contributed by atoms with Gasteiger partial charge in [0.25, 0.3) is 15.9 Å². The molecular formula is C29H22ClN3O5S2. The van der Waals surface area contributed by atoms with Crippen LogP contribution in [0.3, 0.4) is 0 Å². The lowest BCUT2D eigenvalue weighted by atomic mass is 10.1. The molecule has 1 aliphatic heterocycles. The molecule has 0 spiro atoms. The molecule has 1 heterocycles. The number of hydrogen-bond acceptors (Lipinski definition) is 7. The van der Waals surface area contributed by atoms with Crippen molar-refractivity contribution in [3.05, 3.63) is 106 Å². The maximum absolute atomic E-state index is 12.5. The molecule has 1 saturated heterocycles. The van der Waals surface area contributed by atoms with Crippen LogP contribution in [0.5, 0.6) is 5.75 Å². The Morgan fingerprint density at radius 2 is 1.70 bits per heavy atom. The SMILES string of the molecule is COc1ccc2cc(/C=C3\SC(=Nc4ccc(CC(=O)NS(=O)(=O)c5ccc(Cl)cc5)cc4)NC3=O)ccc2c1. The van der Waals surface area contributed by atoms with E-state index in [0.29, 0.717) is 26.3 Å². The van der Waals surface area contributed by atoms with Crippen molar-refractivity contribution in [1.29, 1.82) is 0 Å². The third-order valence-electron chi connectivity index (χ3n) is 5.92. The van der Waals surface area contributed by atoms with Crippen LogP contribution in [0.25, 0.3) is 16.8 Å². The first kappa shape index (κ1) is 27.4. The predicted molar refractivity (Wildman–Crippen MR) is 158 cm³/mol. The number of carbonyl (C=O) groups excluding carboxylic acids is 2. The smallest absolute Gasteiger partial charge is 0.264 e. The molecule has 4 aromatic carbocycles. The Bertz CT molecular complexity index is 1790. The van der Waals surface area contributed by atoms with Crippen LogP contribution in [0.2, 0.25) is 5.02 Å². The van der Waals surface area contributed by atoms with Crippen LogP contribution in [0.1, 0.15) is 11.1 Å². The lowest BCUT2D eigenvalue weighted by Crippen LogP contribution is -2.31. The Morgan fingerprint density at radius 3 is 2.42 bits per heavy atom. The first-order valence-electron chi connectivity index (χ1n) is 12.0. The summed E-state index contributed by atoms with van der Waals surface area (Å²) in [5.74, 6) is -0.132. The highest BCUT2D eigenvalue weighted by Gasteiger charge is 2.24. The number of nitrogens with zero attached hydrogens (tertiary/aromatic N) is 1. The van der Waals surface area contributed by atoms with Gasteiger partial charge in [-0.2, -0.15) is 0 Å². The van der Waals surface area contributed by atoms with Crippen molar-refractivity contribution in [2.24, 2.45) is 4.99 Å². The molecule has 2 N–H and O–H groups in total. The molecule has 5 rings (SSSR count). The highest BCUT2D eigenvalue weighted by molar-refractivity contribution is 8.18. The van der Waals surface area contributed by atoms with Crippen molar-refractivity contribution < 1.29 is 22.7 Å². The summed E-state index contributed by atoms with van der Waals surface area (Å²) in [6.45, 7) is 0. The highest BCUT2D eigenvalue weighted by atomic mass is 35.5. The summed E-state index contributed by atoms with van der Waals surface area (Å²) < 4.78 is 32.1. The number of aliphatic imine (C=N–C) groups is 1.